The summed E-state index contributed by atoms with van der Waals surface area (Å²) in [5, 5.41) is 4.68. The molecule has 1 aromatic heterocycles. The van der Waals surface area contributed by atoms with Crippen LogP contribution in [0.4, 0.5) is 0 Å². The molecule has 4 nitrogen and oxygen atoms in total. The highest BCUT2D eigenvalue weighted by atomic mass is 32.2. The van der Waals surface area contributed by atoms with E-state index in [0.29, 0.717) is 6.04 Å². The molecule has 5 heteroatoms. The number of aliphatic imine (C=N–C) groups is 1. The van der Waals surface area contributed by atoms with Crippen LogP contribution in [0.3, 0.4) is 0 Å². The van der Waals surface area contributed by atoms with Crippen LogP contribution < -0.4 is 4.74 Å². The van der Waals surface area contributed by atoms with Crippen molar-refractivity contribution in [2.24, 2.45) is 12.0 Å². The predicted molar refractivity (Wildman–Crippen MR) is 113 cm³/mol. The van der Waals surface area contributed by atoms with Crippen molar-refractivity contribution in [2.75, 3.05) is 13.7 Å². The minimum absolute atomic E-state index is 0.356. The van der Waals surface area contributed by atoms with Gasteiger partial charge in [0, 0.05) is 29.6 Å². The zero-order valence-electron chi connectivity index (χ0n) is 15.4. The van der Waals surface area contributed by atoms with E-state index in [1.54, 1.807) is 18.9 Å². The van der Waals surface area contributed by atoms with Gasteiger partial charge in [-0.25, -0.2) is 0 Å². The molecule has 0 fully saturated rings. The van der Waals surface area contributed by atoms with Crippen LogP contribution >= 0.6 is 11.8 Å². The second kappa shape index (κ2) is 6.50. The summed E-state index contributed by atoms with van der Waals surface area (Å²) < 4.78 is 7.52. The molecule has 0 spiro atoms. The summed E-state index contributed by atoms with van der Waals surface area (Å²) in [5.74, 6) is 0.882. The van der Waals surface area contributed by atoms with E-state index in [9.17, 15) is 0 Å². The quantitative estimate of drug-likeness (QED) is 0.672. The number of hydrogen-bond donors (Lipinski definition) is 0. The van der Waals surface area contributed by atoms with Crippen LogP contribution in [-0.4, -0.2) is 34.3 Å². The molecule has 0 radical (unpaired) electrons. The number of para-hydroxylation sites is 1. The minimum Gasteiger partial charge on any atom is -0.497 e. The van der Waals surface area contributed by atoms with E-state index >= 15 is 0 Å². The molecule has 0 saturated carbocycles. The first-order valence-electron chi connectivity index (χ1n) is 9.12. The topological polar surface area (TPSA) is 29.8 Å². The molecule has 0 aliphatic carbocycles. The van der Waals surface area contributed by atoms with Gasteiger partial charge in [0.1, 0.15) is 5.75 Å². The number of fused-ring (bicyclic) bond motifs is 2. The maximum Gasteiger partial charge on any atom is 0.168 e. The molecule has 0 saturated heterocycles. The largest absolute Gasteiger partial charge is 0.497 e. The zero-order chi connectivity index (χ0) is 18.4. The molecule has 136 valence electrons. The Hall–Kier alpha value is -2.66. The van der Waals surface area contributed by atoms with Gasteiger partial charge in [0.15, 0.2) is 5.17 Å². The number of aryl methyl sites for hydroxylation is 1. The first-order chi connectivity index (χ1) is 13.2. The number of rotatable bonds is 4. The summed E-state index contributed by atoms with van der Waals surface area (Å²) in [6, 6.07) is 17.3. The van der Waals surface area contributed by atoms with E-state index in [1.807, 2.05) is 12.1 Å². The summed E-state index contributed by atoms with van der Waals surface area (Å²) in [4.78, 5) is 7.20. The molecule has 2 aromatic carbocycles. The van der Waals surface area contributed by atoms with Crippen molar-refractivity contribution in [3.05, 3.63) is 71.3 Å². The first-order valence-corrected chi connectivity index (χ1v) is 10.0. The molecule has 3 heterocycles. The van der Waals surface area contributed by atoms with Crippen molar-refractivity contribution in [3.63, 3.8) is 0 Å². The highest BCUT2D eigenvalue weighted by Crippen LogP contribution is 2.39. The van der Waals surface area contributed by atoms with E-state index in [0.717, 1.165) is 23.9 Å². The Balaban J connectivity index is 1.45. The van der Waals surface area contributed by atoms with Crippen LogP contribution in [0, 0.1) is 0 Å². The third-order valence-corrected chi connectivity index (χ3v) is 6.24. The maximum atomic E-state index is 5.30. The van der Waals surface area contributed by atoms with Crippen molar-refractivity contribution in [1.29, 1.82) is 0 Å². The summed E-state index contributed by atoms with van der Waals surface area (Å²) in [6.45, 7) is 0.846. The fourth-order valence-corrected chi connectivity index (χ4v) is 5.00. The Morgan fingerprint density at radius 1 is 1.15 bits per heavy atom. The monoisotopic (exact) mass is 375 g/mol. The number of methoxy groups -OCH3 is 1. The summed E-state index contributed by atoms with van der Waals surface area (Å²) in [6.07, 6.45) is 3.26. The Morgan fingerprint density at radius 2 is 1.96 bits per heavy atom. The Bertz CT molecular complexity index is 1060. The van der Waals surface area contributed by atoms with E-state index < -0.39 is 0 Å². The van der Waals surface area contributed by atoms with Crippen LogP contribution in [0.5, 0.6) is 5.75 Å². The van der Waals surface area contributed by atoms with Crippen molar-refractivity contribution in [1.82, 2.24) is 9.47 Å². The standard InChI is InChI=1S/C22H21N3OS/c1-24-13-16(19-5-3-4-6-20(19)24)11-17-12-23-22-25(17)21(14-27-22)15-7-9-18(26-2)10-8-15/h3-10,13-14,17H,11-12H2,1-2H3/t17-/m0/s1. The SMILES string of the molecule is COc1ccc(C2=CSC3=NC[C@H](Cc4cn(C)c5ccccc45)N23)cc1. The number of ether oxygens (including phenoxy) is 1. The predicted octanol–water partition coefficient (Wildman–Crippen LogP) is 4.52. The van der Waals surface area contributed by atoms with Gasteiger partial charge in [0.05, 0.1) is 25.4 Å². The molecule has 27 heavy (non-hydrogen) atoms. The van der Waals surface area contributed by atoms with Crippen LogP contribution in [0.2, 0.25) is 0 Å². The van der Waals surface area contributed by atoms with Gasteiger partial charge in [-0.1, -0.05) is 30.0 Å². The molecule has 2 aliphatic rings. The number of thioether (sulfide) groups is 1. The minimum atomic E-state index is 0.356. The zero-order valence-corrected chi connectivity index (χ0v) is 16.2. The molecule has 0 amide bonds. The maximum absolute atomic E-state index is 5.30. The van der Waals surface area contributed by atoms with Gasteiger partial charge in [-0.3, -0.25) is 4.99 Å². The van der Waals surface area contributed by atoms with Gasteiger partial charge in [-0.15, -0.1) is 0 Å². The van der Waals surface area contributed by atoms with Crippen molar-refractivity contribution >= 4 is 33.5 Å². The smallest absolute Gasteiger partial charge is 0.168 e. The lowest BCUT2D eigenvalue weighted by Crippen LogP contribution is -2.33. The van der Waals surface area contributed by atoms with Gasteiger partial charge in [0.2, 0.25) is 0 Å². The fraction of sp³-hybridized carbons (Fsp3) is 0.227. The Morgan fingerprint density at radius 3 is 2.78 bits per heavy atom. The van der Waals surface area contributed by atoms with Crippen molar-refractivity contribution < 1.29 is 4.74 Å². The molecule has 0 N–H and O–H groups in total. The van der Waals surface area contributed by atoms with E-state index in [-0.39, 0.29) is 0 Å². The molecular weight excluding hydrogens is 354 g/mol. The lowest BCUT2D eigenvalue weighted by atomic mass is 10.0. The van der Waals surface area contributed by atoms with Gasteiger partial charge in [0.25, 0.3) is 0 Å². The van der Waals surface area contributed by atoms with Crippen LogP contribution in [0.1, 0.15) is 11.1 Å². The van der Waals surface area contributed by atoms with E-state index in [4.69, 9.17) is 9.73 Å². The summed E-state index contributed by atoms with van der Waals surface area (Å²) in [5.41, 5.74) is 5.12. The van der Waals surface area contributed by atoms with Gasteiger partial charge in [-0.05, 0) is 47.9 Å². The van der Waals surface area contributed by atoms with Gasteiger partial charge < -0.3 is 14.2 Å². The second-order valence-electron chi connectivity index (χ2n) is 6.98. The molecule has 5 rings (SSSR count). The lowest BCUT2D eigenvalue weighted by molar-refractivity contribution is 0.414. The number of nitrogens with zero attached hydrogens (tertiary/aromatic N) is 3. The van der Waals surface area contributed by atoms with Gasteiger partial charge in [-0.2, -0.15) is 0 Å². The number of aromatic nitrogens is 1. The van der Waals surface area contributed by atoms with E-state index in [2.05, 4.69) is 64.5 Å². The number of hydrogen-bond acceptors (Lipinski definition) is 4. The third kappa shape index (κ3) is 2.73. The Labute approximate surface area is 163 Å². The molecule has 0 bridgehead atoms. The summed E-state index contributed by atoms with van der Waals surface area (Å²) >= 11 is 1.73. The van der Waals surface area contributed by atoms with Crippen LogP contribution in [-0.2, 0) is 13.5 Å². The average molecular weight is 375 g/mol. The van der Waals surface area contributed by atoms with E-state index in [1.165, 1.54) is 27.7 Å². The number of benzene rings is 2. The molecular formula is C22H21N3OS. The average Bonchev–Trinajstić information content (AvgIpc) is 3.38. The van der Waals surface area contributed by atoms with Crippen LogP contribution in [0.25, 0.3) is 16.6 Å². The first kappa shape index (κ1) is 16.5. The third-order valence-electron chi connectivity index (χ3n) is 5.36. The van der Waals surface area contributed by atoms with Crippen molar-refractivity contribution in [2.45, 2.75) is 12.5 Å². The lowest BCUT2D eigenvalue weighted by Gasteiger charge is -2.26. The normalized spacial score (nSPS) is 18.6. The number of amidine groups is 1. The summed E-state index contributed by atoms with van der Waals surface area (Å²) in [7, 11) is 3.82. The molecule has 0 unspecified atom stereocenters. The molecule has 1 atom stereocenters. The highest BCUT2D eigenvalue weighted by Gasteiger charge is 2.35. The van der Waals surface area contributed by atoms with Crippen LogP contribution in [0.15, 0.2) is 65.1 Å². The van der Waals surface area contributed by atoms with Crippen molar-refractivity contribution in [3.8, 4) is 5.75 Å². The molecule has 3 aromatic rings. The second-order valence-corrected chi connectivity index (χ2v) is 7.82. The highest BCUT2D eigenvalue weighted by molar-refractivity contribution is 8.16. The van der Waals surface area contributed by atoms with Gasteiger partial charge >= 0.3 is 0 Å². The fourth-order valence-electron chi connectivity index (χ4n) is 4.02. The Kier molecular flexibility index (Phi) is 3.97. The molecule has 2 aliphatic heterocycles.